The number of pyridine rings is 1. The lowest BCUT2D eigenvalue weighted by Crippen LogP contribution is -2.33. The fourth-order valence-corrected chi connectivity index (χ4v) is 5.34. The van der Waals surface area contributed by atoms with Gasteiger partial charge in [-0.2, -0.15) is 0 Å². The number of aromatic nitrogens is 2. The lowest BCUT2D eigenvalue weighted by atomic mass is 9.91. The summed E-state index contributed by atoms with van der Waals surface area (Å²) in [4.78, 5) is 47.6. The van der Waals surface area contributed by atoms with Gasteiger partial charge in [0.1, 0.15) is 5.75 Å². The summed E-state index contributed by atoms with van der Waals surface area (Å²) in [5.41, 5.74) is 5.40. The second kappa shape index (κ2) is 19.8. The van der Waals surface area contributed by atoms with Gasteiger partial charge in [0.25, 0.3) is 0 Å². The van der Waals surface area contributed by atoms with Crippen molar-refractivity contribution in [2.45, 2.75) is 58.5 Å². The van der Waals surface area contributed by atoms with Gasteiger partial charge in [0.05, 0.1) is 23.6 Å². The summed E-state index contributed by atoms with van der Waals surface area (Å²) in [5.74, 6) is -2.60. The average molecular weight is 695 g/mol. The number of carbonyl (C=O) groups is 4. The highest BCUT2D eigenvalue weighted by atomic mass is 16.5. The van der Waals surface area contributed by atoms with E-state index in [1.165, 1.54) is 37.8 Å². The molecule has 1 saturated heterocycles. The molecule has 0 amide bonds. The first-order chi connectivity index (χ1) is 23.8. The summed E-state index contributed by atoms with van der Waals surface area (Å²) in [6, 6.07) is 10.6. The average Bonchev–Trinajstić information content (AvgIpc) is 3.80. The monoisotopic (exact) mass is 694 g/mol. The molecule has 0 unspecified atom stereocenters. The number of piperidine rings is 1. The van der Waals surface area contributed by atoms with E-state index in [0.717, 1.165) is 84.7 Å². The first-order valence-electron chi connectivity index (χ1n) is 16.4. The Kier molecular flexibility index (Phi) is 15.6. The van der Waals surface area contributed by atoms with Gasteiger partial charge in [0, 0.05) is 48.5 Å². The number of fused-ring (bicyclic) bond motifs is 1. The first kappa shape index (κ1) is 39.4. The third-order valence-electron chi connectivity index (χ3n) is 7.99. The third kappa shape index (κ3) is 14.6. The molecule has 3 heterocycles. The number of nitrogens with zero attached hydrogens (tertiary/aromatic N) is 4. The molecule has 50 heavy (non-hydrogen) atoms. The molecule has 1 saturated carbocycles. The van der Waals surface area contributed by atoms with Crippen molar-refractivity contribution in [3.8, 4) is 5.75 Å². The molecule has 0 spiro atoms. The Morgan fingerprint density at radius 3 is 2.00 bits per heavy atom. The number of ether oxygens (including phenoxy) is 1. The zero-order valence-electron chi connectivity index (χ0n) is 28.7. The number of hydrogen-bond donors (Lipinski definition) is 4. The highest BCUT2D eigenvalue weighted by Crippen LogP contribution is 2.35. The number of hydrogen-bond acceptors (Lipinski definition) is 10. The Morgan fingerprint density at radius 2 is 1.48 bits per heavy atom. The van der Waals surface area contributed by atoms with Gasteiger partial charge < -0.3 is 34.6 Å². The molecule has 0 radical (unpaired) electrons. The van der Waals surface area contributed by atoms with Crippen molar-refractivity contribution >= 4 is 34.8 Å². The van der Waals surface area contributed by atoms with E-state index in [9.17, 15) is 19.2 Å². The van der Waals surface area contributed by atoms with Crippen molar-refractivity contribution in [1.82, 2.24) is 19.9 Å². The van der Waals surface area contributed by atoms with Crippen molar-refractivity contribution in [3.63, 3.8) is 0 Å². The van der Waals surface area contributed by atoms with Crippen molar-refractivity contribution < 1.29 is 48.9 Å². The predicted octanol–water partition coefficient (Wildman–Crippen LogP) is 4.65. The van der Waals surface area contributed by atoms with Gasteiger partial charge in [0.15, 0.2) is 5.58 Å². The summed E-state index contributed by atoms with van der Waals surface area (Å²) in [6.07, 6.45) is 9.44. The highest BCUT2D eigenvalue weighted by Gasteiger charge is 2.25. The van der Waals surface area contributed by atoms with Crippen LogP contribution in [0.4, 0.5) is 0 Å². The van der Waals surface area contributed by atoms with Crippen LogP contribution in [0.3, 0.4) is 0 Å². The van der Waals surface area contributed by atoms with Gasteiger partial charge in [-0.15, -0.1) is 0 Å². The van der Waals surface area contributed by atoms with Crippen LogP contribution < -0.4 is 4.74 Å². The van der Waals surface area contributed by atoms with Crippen LogP contribution in [-0.4, -0.2) is 98.0 Å². The summed E-state index contributed by atoms with van der Waals surface area (Å²) in [7, 11) is 4.17. The van der Waals surface area contributed by atoms with Crippen molar-refractivity contribution in [1.29, 1.82) is 0 Å². The molecule has 2 aliphatic rings. The summed E-state index contributed by atoms with van der Waals surface area (Å²) >= 11 is 0. The predicted molar refractivity (Wildman–Crippen MR) is 184 cm³/mol. The van der Waals surface area contributed by atoms with Crippen molar-refractivity contribution in [3.05, 3.63) is 77.3 Å². The molecule has 1 aromatic carbocycles. The van der Waals surface area contributed by atoms with Crippen LogP contribution >= 0.6 is 0 Å². The Labute approximate surface area is 290 Å². The molecule has 5 rings (SSSR count). The van der Waals surface area contributed by atoms with Gasteiger partial charge in [-0.05, 0) is 109 Å². The van der Waals surface area contributed by atoms with Gasteiger partial charge in [-0.25, -0.2) is 19.2 Å². The molecule has 1 aliphatic heterocycles. The number of carboxylic acids is 4. The fraction of sp³-hybridized carbons (Fsp3) is 0.444. The van der Waals surface area contributed by atoms with Crippen LogP contribution in [-0.2, 0) is 38.7 Å². The maximum atomic E-state index is 9.55. The molecule has 1 aliphatic carbocycles. The quantitative estimate of drug-likeness (QED) is 0.170. The minimum Gasteiger partial charge on any atom is -0.493 e. The Morgan fingerprint density at radius 1 is 0.880 bits per heavy atom. The van der Waals surface area contributed by atoms with Crippen LogP contribution in [0, 0.1) is 18.8 Å². The van der Waals surface area contributed by atoms with E-state index < -0.39 is 23.9 Å². The number of rotatable bonds is 14. The molecule has 0 bridgehead atoms. The van der Waals surface area contributed by atoms with Gasteiger partial charge in [-0.3, -0.25) is 9.88 Å². The van der Waals surface area contributed by atoms with Crippen LogP contribution in [0.5, 0.6) is 5.75 Å². The molecular weight excluding hydrogens is 648 g/mol. The number of aliphatic carboxylic acids is 4. The standard InChI is InChI=1S/C28H38N4O2.2C4H4O4/c1-20-5-4-6-23(29-20)17-32-15-13-21(14-16-32)9-11-26-24-10-12-27(33-19-22-7-8-22)25(18-31(2)3)28(24)34-30-26;2*5-3(6)1-2-4(7)8/h4-6,10,12,21-22H,7-9,11,13-19H2,1-3H3;2*1-2H,(H,5,6)(H,7,8)/b;2*2-1+. The zero-order chi connectivity index (χ0) is 36.6. The zero-order valence-corrected chi connectivity index (χ0v) is 28.7. The second-order valence-electron chi connectivity index (χ2n) is 12.6. The highest BCUT2D eigenvalue weighted by molar-refractivity contribution is 5.90. The number of carboxylic acid groups (broad SMARTS) is 4. The van der Waals surface area contributed by atoms with Crippen LogP contribution in [0.1, 0.15) is 54.7 Å². The topological polar surface area (TPSA) is 204 Å². The van der Waals surface area contributed by atoms with E-state index >= 15 is 0 Å². The molecule has 14 nitrogen and oxygen atoms in total. The Balaban J connectivity index is 0.000000352. The van der Waals surface area contributed by atoms with Gasteiger partial charge in [0.2, 0.25) is 0 Å². The molecule has 3 aromatic rings. The lowest BCUT2D eigenvalue weighted by Gasteiger charge is -2.31. The lowest BCUT2D eigenvalue weighted by molar-refractivity contribution is -0.134. The number of benzene rings is 1. The van der Waals surface area contributed by atoms with Crippen molar-refractivity contribution in [2.24, 2.45) is 11.8 Å². The molecule has 2 aromatic heterocycles. The minimum atomic E-state index is -1.26. The van der Waals surface area contributed by atoms with E-state index in [1.54, 1.807) is 0 Å². The Bertz CT molecular complexity index is 1590. The second-order valence-corrected chi connectivity index (χ2v) is 12.6. The smallest absolute Gasteiger partial charge is 0.328 e. The van der Waals surface area contributed by atoms with E-state index in [4.69, 9.17) is 29.7 Å². The minimum absolute atomic E-state index is 0.558. The summed E-state index contributed by atoms with van der Waals surface area (Å²) in [5, 5.41) is 36.9. The first-order valence-corrected chi connectivity index (χ1v) is 16.4. The molecule has 270 valence electrons. The van der Waals surface area contributed by atoms with Crippen LogP contribution in [0.15, 0.2) is 59.2 Å². The van der Waals surface area contributed by atoms with Crippen LogP contribution in [0.2, 0.25) is 0 Å². The molecule has 14 heteroatoms. The van der Waals surface area contributed by atoms with Gasteiger partial charge >= 0.3 is 23.9 Å². The molecule has 2 fully saturated rings. The van der Waals surface area contributed by atoms with Crippen molar-refractivity contribution in [2.75, 3.05) is 33.8 Å². The maximum Gasteiger partial charge on any atom is 0.328 e. The van der Waals surface area contributed by atoms with E-state index in [2.05, 4.69) is 71.3 Å². The summed E-state index contributed by atoms with van der Waals surface area (Å²) < 4.78 is 12.1. The third-order valence-corrected chi connectivity index (χ3v) is 7.99. The van der Waals surface area contributed by atoms with Gasteiger partial charge in [-0.1, -0.05) is 11.2 Å². The molecular formula is C36H46N4O10. The normalized spacial score (nSPS) is 15.0. The maximum absolute atomic E-state index is 9.55. The Hall–Kier alpha value is -5.08. The largest absolute Gasteiger partial charge is 0.493 e. The fourth-order valence-electron chi connectivity index (χ4n) is 5.34. The number of likely N-dealkylation sites (tertiary alicyclic amines) is 1. The number of aryl methyl sites for hydroxylation is 2. The van der Waals surface area contributed by atoms with E-state index in [-0.39, 0.29) is 0 Å². The van der Waals surface area contributed by atoms with E-state index in [0.29, 0.717) is 24.3 Å². The molecule has 0 atom stereocenters. The molecule has 4 N–H and O–H groups in total. The summed E-state index contributed by atoms with van der Waals surface area (Å²) in [6.45, 7) is 6.92. The van der Waals surface area contributed by atoms with Crippen LogP contribution in [0.25, 0.3) is 11.0 Å². The van der Waals surface area contributed by atoms with E-state index in [1.807, 2.05) is 0 Å². The SMILES string of the molecule is Cc1cccc(CN2CCC(CCc3noc4c(CN(C)C)c(OCC5CC5)ccc34)CC2)n1.O=C(O)/C=C/C(=O)O.O=C(O)/C=C/C(=O)O.